The number of nitrogens with zero attached hydrogens (tertiary/aromatic N) is 2. The summed E-state index contributed by atoms with van der Waals surface area (Å²) >= 11 is 1.53. The Morgan fingerprint density at radius 2 is 2.75 bits per heavy atom. The van der Waals surface area contributed by atoms with Crippen molar-refractivity contribution in [2.45, 2.75) is 0 Å². The Balaban J connectivity index is 2.93. The van der Waals surface area contributed by atoms with Crippen LogP contribution in [0.5, 0.6) is 0 Å². The molecule has 3 nitrogen and oxygen atoms in total. The van der Waals surface area contributed by atoms with Crippen molar-refractivity contribution < 1.29 is 4.21 Å². The maximum Gasteiger partial charge on any atom is 0.223 e. The van der Waals surface area contributed by atoms with Gasteiger partial charge in [-0.15, -0.1) is 15.7 Å². The second-order valence-electron chi connectivity index (χ2n) is 0.981. The molecule has 0 aromatic carbocycles. The van der Waals surface area contributed by atoms with Crippen molar-refractivity contribution in [3.8, 4) is 0 Å². The van der Waals surface area contributed by atoms with Crippen molar-refractivity contribution in [3.63, 3.8) is 0 Å². The number of thiazole rings is 1. The van der Waals surface area contributed by atoms with Gasteiger partial charge in [0.15, 0.2) is 0 Å². The minimum absolute atomic E-state index is 0.182. The van der Waals surface area contributed by atoms with Crippen LogP contribution in [0, 0.1) is 0 Å². The Kier molecular flexibility index (Phi) is 1.87. The molecule has 0 aliphatic heterocycles. The smallest absolute Gasteiger partial charge is 0.223 e. The summed E-state index contributed by atoms with van der Waals surface area (Å²) in [7, 11) is 0. The van der Waals surface area contributed by atoms with Gasteiger partial charge in [0, 0.05) is 11.6 Å². The fourth-order valence-electron chi connectivity index (χ4n) is 0.293. The minimum Gasteiger partial charge on any atom is -0.226 e. The molecule has 5 heteroatoms. The van der Waals surface area contributed by atoms with Crippen molar-refractivity contribution >= 4 is 27.9 Å². The molecule has 1 heterocycles. The molecule has 0 amide bonds. The first kappa shape index (κ1) is 5.58. The first-order valence-corrected chi connectivity index (χ1v) is 3.41. The van der Waals surface area contributed by atoms with Crippen LogP contribution in [-0.2, 0) is 11.5 Å². The largest absolute Gasteiger partial charge is 0.226 e. The van der Waals surface area contributed by atoms with Gasteiger partial charge in [0.05, 0.1) is 0 Å². The molecule has 0 saturated heterocycles. The SMILES string of the molecule is O=S=Nc1nccs1. The molecule has 0 fully saturated rings. The molecule has 0 saturated carbocycles. The van der Waals surface area contributed by atoms with E-state index in [-0.39, 0.29) is 11.5 Å². The molecule has 0 aliphatic carbocycles. The molecule has 1 rings (SSSR count). The highest BCUT2D eigenvalue weighted by Crippen LogP contribution is 2.12. The standard InChI is InChI=1S/C3H2N2OS2/c6-8-5-3-4-1-2-7-3/h1-2H. The second-order valence-corrected chi connectivity index (χ2v) is 2.19. The average Bonchev–Trinajstić information content (AvgIpc) is 2.19. The molecular formula is C3H2N2OS2. The summed E-state index contributed by atoms with van der Waals surface area (Å²) in [5, 5.41) is 2.31. The van der Waals surface area contributed by atoms with Gasteiger partial charge in [-0.1, -0.05) is 0 Å². The molecule has 0 unspecified atom stereocenters. The van der Waals surface area contributed by atoms with E-state index < -0.39 is 0 Å². The van der Waals surface area contributed by atoms with E-state index in [1.807, 2.05) is 0 Å². The number of hydrogen-bond donors (Lipinski definition) is 0. The van der Waals surface area contributed by atoms with E-state index in [2.05, 4.69) is 9.35 Å². The molecule has 0 spiro atoms. The number of aromatic nitrogens is 1. The zero-order valence-electron chi connectivity index (χ0n) is 3.77. The Morgan fingerprint density at radius 1 is 1.88 bits per heavy atom. The molecule has 0 bridgehead atoms. The summed E-state index contributed by atoms with van der Waals surface area (Å²) in [6.07, 6.45) is 1.61. The van der Waals surface area contributed by atoms with E-state index in [0.717, 1.165) is 0 Å². The van der Waals surface area contributed by atoms with Crippen LogP contribution >= 0.6 is 11.3 Å². The first-order valence-electron chi connectivity index (χ1n) is 1.83. The molecular weight excluding hydrogens is 144 g/mol. The van der Waals surface area contributed by atoms with Crippen LogP contribution in [0.15, 0.2) is 15.9 Å². The fraction of sp³-hybridized carbons (Fsp3) is 0. The van der Waals surface area contributed by atoms with E-state index in [0.29, 0.717) is 5.13 Å². The lowest BCUT2D eigenvalue weighted by atomic mass is 11.0. The van der Waals surface area contributed by atoms with E-state index >= 15 is 0 Å². The van der Waals surface area contributed by atoms with Crippen LogP contribution in [0.2, 0.25) is 0 Å². The molecule has 42 valence electrons. The van der Waals surface area contributed by atoms with E-state index in [1.54, 1.807) is 11.6 Å². The van der Waals surface area contributed by atoms with Crippen LogP contribution in [-0.4, -0.2) is 9.19 Å². The van der Waals surface area contributed by atoms with Crippen LogP contribution in [0.25, 0.3) is 0 Å². The topological polar surface area (TPSA) is 42.3 Å². The Morgan fingerprint density at radius 3 is 3.25 bits per heavy atom. The number of rotatable bonds is 1. The van der Waals surface area contributed by atoms with Gasteiger partial charge in [-0.25, -0.2) is 4.98 Å². The molecule has 8 heavy (non-hydrogen) atoms. The normalized spacial score (nSPS) is 8.50. The monoisotopic (exact) mass is 146 g/mol. The fourth-order valence-corrected chi connectivity index (χ4v) is 1.03. The number of hydrogen-bond acceptors (Lipinski definition) is 4. The van der Waals surface area contributed by atoms with Crippen molar-refractivity contribution in [3.05, 3.63) is 11.6 Å². The predicted molar refractivity (Wildman–Crippen MR) is 32.3 cm³/mol. The average molecular weight is 146 g/mol. The van der Waals surface area contributed by atoms with Crippen molar-refractivity contribution in [2.75, 3.05) is 0 Å². The lowest BCUT2D eigenvalue weighted by molar-refractivity contribution is 0.698. The lowest BCUT2D eigenvalue weighted by Crippen LogP contribution is -1.51. The Hall–Kier alpha value is -0.550. The molecule has 0 aliphatic rings. The van der Waals surface area contributed by atoms with Gasteiger partial charge >= 0.3 is 0 Å². The van der Waals surface area contributed by atoms with Crippen molar-refractivity contribution in [2.24, 2.45) is 4.36 Å². The third kappa shape index (κ3) is 1.21. The second kappa shape index (κ2) is 2.68. The third-order valence-corrected chi connectivity index (χ3v) is 1.56. The minimum atomic E-state index is 0.182. The van der Waals surface area contributed by atoms with Gasteiger partial charge in [0.1, 0.15) is 0 Å². The van der Waals surface area contributed by atoms with Gasteiger partial charge < -0.3 is 0 Å². The summed E-state index contributed by atoms with van der Waals surface area (Å²) in [5.74, 6) is 0. The third-order valence-electron chi connectivity index (χ3n) is 0.535. The van der Waals surface area contributed by atoms with E-state index in [1.165, 1.54) is 11.3 Å². The first-order chi connectivity index (χ1) is 3.93. The Labute approximate surface area is 53.6 Å². The van der Waals surface area contributed by atoms with Crippen molar-refractivity contribution in [1.82, 2.24) is 4.98 Å². The zero-order chi connectivity index (χ0) is 5.82. The zero-order valence-corrected chi connectivity index (χ0v) is 5.41. The predicted octanol–water partition coefficient (Wildman–Crippen LogP) is 1.17. The van der Waals surface area contributed by atoms with E-state index in [9.17, 15) is 4.21 Å². The molecule has 0 atom stereocenters. The van der Waals surface area contributed by atoms with Gasteiger partial charge in [-0.05, 0) is 0 Å². The summed E-state index contributed by atoms with van der Waals surface area (Å²) in [6.45, 7) is 0. The summed E-state index contributed by atoms with van der Waals surface area (Å²) < 4.78 is 13.1. The van der Waals surface area contributed by atoms with E-state index in [4.69, 9.17) is 0 Å². The quantitative estimate of drug-likeness (QED) is 0.596. The van der Waals surface area contributed by atoms with Crippen LogP contribution < -0.4 is 0 Å². The Bertz CT molecular complexity index is 201. The summed E-state index contributed by atoms with van der Waals surface area (Å²) in [6, 6.07) is 0. The molecule has 0 radical (unpaired) electrons. The van der Waals surface area contributed by atoms with Crippen LogP contribution in [0.3, 0.4) is 0 Å². The highest BCUT2D eigenvalue weighted by atomic mass is 32.1. The summed E-state index contributed by atoms with van der Waals surface area (Å²) in [5.41, 5.74) is 0. The summed E-state index contributed by atoms with van der Waals surface area (Å²) in [4.78, 5) is 3.74. The maximum absolute atomic E-state index is 9.71. The van der Waals surface area contributed by atoms with Gasteiger partial charge in [0.2, 0.25) is 16.6 Å². The van der Waals surface area contributed by atoms with Crippen LogP contribution in [0.4, 0.5) is 5.13 Å². The van der Waals surface area contributed by atoms with Gasteiger partial charge in [-0.2, -0.15) is 4.21 Å². The molecule has 1 aromatic heterocycles. The maximum atomic E-state index is 9.71. The molecule has 0 N–H and O–H groups in total. The highest BCUT2D eigenvalue weighted by Gasteiger charge is 1.85. The van der Waals surface area contributed by atoms with Crippen molar-refractivity contribution in [1.29, 1.82) is 0 Å². The van der Waals surface area contributed by atoms with Gasteiger partial charge in [-0.3, -0.25) is 0 Å². The lowest BCUT2D eigenvalue weighted by Gasteiger charge is -1.67. The highest BCUT2D eigenvalue weighted by molar-refractivity contribution is 7.55. The van der Waals surface area contributed by atoms with Gasteiger partial charge in [0.25, 0.3) is 0 Å². The molecule has 1 aromatic rings. The van der Waals surface area contributed by atoms with Crippen LogP contribution in [0.1, 0.15) is 0 Å².